The van der Waals surface area contributed by atoms with Crippen LogP contribution in [0.1, 0.15) is 37.8 Å². The van der Waals surface area contributed by atoms with Crippen molar-refractivity contribution >= 4 is 5.91 Å². The van der Waals surface area contributed by atoms with Crippen LogP contribution in [0.3, 0.4) is 0 Å². The van der Waals surface area contributed by atoms with E-state index in [1.165, 1.54) is 13.2 Å². The van der Waals surface area contributed by atoms with Gasteiger partial charge in [-0.3, -0.25) is 9.69 Å². The van der Waals surface area contributed by atoms with E-state index in [9.17, 15) is 9.18 Å². The zero-order valence-corrected chi connectivity index (χ0v) is 19.6. The third-order valence-corrected chi connectivity index (χ3v) is 6.22. The van der Waals surface area contributed by atoms with E-state index in [0.29, 0.717) is 18.5 Å². The number of para-hydroxylation sites is 1. The summed E-state index contributed by atoms with van der Waals surface area (Å²) in [5, 5.41) is 7.94. The van der Waals surface area contributed by atoms with Gasteiger partial charge in [-0.15, -0.1) is 0 Å². The molecule has 6 nitrogen and oxygen atoms in total. The van der Waals surface area contributed by atoms with Crippen molar-refractivity contribution in [3.8, 4) is 22.7 Å². The average Bonchev–Trinajstić information content (AvgIpc) is 3.39. The van der Waals surface area contributed by atoms with Gasteiger partial charge in [0.1, 0.15) is 0 Å². The number of nitrogens with zero attached hydrogens (tertiary/aromatic N) is 3. The number of rotatable bonds is 8. The molecule has 1 amide bonds. The van der Waals surface area contributed by atoms with Gasteiger partial charge in [-0.25, -0.2) is 9.07 Å². The lowest BCUT2D eigenvalue weighted by Gasteiger charge is -2.29. The van der Waals surface area contributed by atoms with Crippen LogP contribution in [-0.2, 0) is 11.3 Å². The molecule has 1 aromatic heterocycles. The fourth-order valence-corrected chi connectivity index (χ4v) is 4.30. The van der Waals surface area contributed by atoms with Crippen molar-refractivity contribution in [1.29, 1.82) is 0 Å². The molecule has 33 heavy (non-hydrogen) atoms. The predicted octanol–water partition coefficient (Wildman–Crippen LogP) is 4.48. The van der Waals surface area contributed by atoms with Crippen LogP contribution in [-0.4, -0.2) is 46.3 Å². The minimum atomic E-state index is -0.416. The van der Waals surface area contributed by atoms with Gasteiger partial charge in [0, 0.05) is 48.9 Å². The summed E-state index contributed by atoms with van der Waals surface area (Å²) >= 11 is 0. The van der Waals surface area contributed by atoms with Crippen molar-refractivity contribution in [3.63, 3.8) is 0 Å². The summed E-state index contributed by atoms with van der Waals surface area (Å²) in [4.78, 5) is 14.0. The summed E-state index contributed by atoms with van der Waals surface area (Å²) in [6.45, 7) is 7.74. The van der Waals surface area contributed by atoms with Crippen LogP contribution >= 0.6 is 0 Å². The van der Waals surface area contributed by atoms with Gasteiger partial charge in [-0.2, -0.15) is 5.10 Å². The highest BCUT2D eigenvalue weighted by molar-refractivity contribution is 5.78. The van der Waals surface area contributed by atoms with Gasteiger partial charge >= 0.3 is 0 Å². The Labute approximate surface area is 194 Å². The van der Waals surface area contributed by atoms with Gasteiger partial charge in [0.15, 0.2) is 11.6 Å². The summed E-state index contributed by atoms with van der Waals surface area (Å²) in [6, 6.07) is 13.4. The first-order valence-corrected chi connectivity index (χ1v) is 11.4. The Hall–Kier alpha value is -3.19. The summed E-state index contributed by atoms with van der Waals surface area (Å²) < 4.78 is 21.5. The molecule has 1 N–H and O–H groups in total. The van der Waals surface area contributed by atoms with Gasteiger partial charge in [0.2, 0.25) is 5.91 Å². The SMILES string of the molecule is COc1ccc(-c2nn(-c3ccccc3C)cc2CN(CC2CCC(=O)N2)C(C)C)cc1F. The second-order valence-corrected chi connectivity index (χ2v) is 8.91. The van der Waals surface area contributed by atoms with Crippen molar-refractivity contribution in [2.45, 2.75) is 52.2 Å². The van der Waals surface area contributed by atoms with Crippen LogP contribution in [0.2, 0.25) is 0 Å². The molecular formula is C26H31FN4O2. The van der Waals surface area contributed by atoms with Crippen LogP contribution in [0, 0.1) is 12.7 Å². The molecular weight excluding hydrogens is 419 g/mol. The first-order chi connectivity index (χ1) is 15.9. The van der Waals surface area contributed by atoms with E-state index in [2.05, 4.69) is 24.1 Å². The monoisotopic (exact) mass is 450 g/mol. The fourth-order valence-electron chi connectivity index (χ4n) is 4.30. The van der Waals surface area contributed by atoms with Crippen molar-refractivity contribution < 1.29 is 13.9 Å². The van der Waals surface area contributed by atoms with Gasteiger partial charge in [-0.05, 0) is 57.0 Å². The maximum atomic E-state index is 14.5. The number of halogens is 1. The molecule has 7 heteroatoms. The molecule has 1 unspecified atom stereocenters. The molecule has 1 fully saturated rings. The van der Waals surface area contributed by atoms with E-state index in [0.717, 1.165) is 35.5 Å². The minimum absolute atomic E-state index is 0.116. The molecule has 3 aromatic rings. The van der Waals surface area contributed by atoms with Crippen LogP contribution in [0.5, 0.6) is 5.75 Å². The van der Waals surface area contributed by atoms with Crippen LogP contribution in [0.4, 0.5) is 4.39 Å². The molecule has 174 valence electrons. The highest BCUT2D eigenvalue weighted by atomic mass is 19.1. The third-order valence-electron chi connectivity index (χ3n) is 6.22. The zero-order chi connectivity index (χ0) is 23.5. The fraction of sp³-hybridized carbons (Fsp3) is 0.385. The molecule has 1 aliphatic rings. The number of carbonyl (C=O) groups excluding carboxylic acids is 1. The quantitative estimate of drug-likeness (QED) is 0.550. The molecule has 1 saturated heterocycles. The third kappa shape index (κ3) is 5.09. The Morgan fingerprint density at radius 3 is 2.70 bits per heavy atom. The maximum absolute atomic E-state index is 14.5. The first kappa shape index (κ1) is 23.0. The zero-order valence-electron chi connectivity index (χ0n) is 19.6. The molecule has 2 heterocycles. The van der Waals surface area contributed by atoms with Crippen molar-refractivity contribution in [1.82, 2.24) is 20.0 Å². The van der Waals surface area contributed by atoms with E-state index in [1.807, 2.05) is 48.1 Å². The second-order valence-electron chi connectivity index (χ2n) is 8.91. The van der Waals surface area contributed by atoms with E-state index < -0.39 is 5.82 Å². The number of aromatic nitrogens is 2. The number of benzene rings is 2. The molecule has 4 rings (SSSR count). The molecule has 2 aromatic carbocycles. The summed E-state index contributed by atoms with van der Waals surface area (Å²) in [6.07, 6.45) is 3.46. The van der Waals surface area contributed by atoms with Crippen molar-refractivity contribution in [3.05, 3.63) is 65.6 Å². The summed E-state index contributed by atoms with van der Waals surface area (Å²) in [7, 11) is 1.46. The van der Waals surface area contributed by atoms with Gasteiger partial charge < -0.3 is 10.1 Å². The van der Waals surface area contributed by atoms with E-state index in [-0.39, 0.29) is 23.7 Å². The Bertz CT molecular complexity index is 1140. The predicted molar refractivity (Wildman–Crippen MR) is 127 cm³/mol. The Kier molecular flexibility index (Phi) is 6.79. The first-order valence-electron chi connectivity index (χ1n) is 11.4. The van der Waals surface area contributed by atoms with E-state index in [4.69, 9.17) is 9.84 Å². The maximum Gasteiger partial charge on any atom is 0.220 e. The lowest BCUT2D eigenvalue weighted by molar-refractivity contribution is -0.119. The number of nitrogens with one attached hydrogen (secondary N) is 1. The number of hydrogen-bond donors (Lipinski definition) is 1. The van der Waals surface area contributed by atoms with E-state index >= 15 is 0 Å². The molecule has 0 bridgehead atoms. The minimum Gasteiger partial charge on any atom is -0.494 e. The number of amides is 1. The lowest BCUT2D eigenvalue weighted by Crippen LogP contribution is -2.41. The number of aryl methyl sites for hydroxylation is 1. The topological polar surface area (TPSA) is 59.4 Å². The molecule has 0 saturated carbocycles. The van der Waals surface area contributed by atoms with Crippen LogP contribution in [0.15, 0.2) is 48.7 Å². The molecule has 0 radical (unpaired) electrons. The summed E-state index contributed by atoms with van der Waals surface area (Å²) in [5.41, 5.74) is 4.53. The smallest absolute Gasteiger partial charge is 0.220 e. The van der Waals surface area contributed by atoms with Crippen molar-refractivity contribution in [2.75, 3.05) is 13.7 Å². The molecule has 1 aliphatic heterocycles. The Morgan fingerprint density at radius 1 is 1.27 bits per heavy atom. The van der Waals surface area contributed by atoms with Gasteiger partial charge in [0.25, 0.3) is 0 Å². The van der Waals surface area contributed by atoms with Gasteiger partial charge in [-0.1, -0.05) is 18.2 Å². The standard InChI is InChI=1S/C26H31FN4O2/c1-17(2)30(16-21-10-12-25(32)28-21)14-20-15-31(23-8-6-5-7-18(23)3)29-26(20)19-9-11-24(33-4)22(27)13-19/h5-9,11,13,15,17,21H,10,12,14,16H2,1-4H3,(H,28,32). The number of ether oxygens (including phenoxy) is 1. The molecule has 0 aliphatic carbocycles. The van der Waals surface area contributed by atoms with Crippen molar-refractivity contribution in [2.24, 2.45) is 0 Å². The normalized spacial score (nSPS) is 16.0. The van der Waals surface area contributed by atoms with Crippen LogP contribution < -0.4 is 10.1 Å². The molecule has 1 atom stereocenters. The highest BCUT2D eigenvalue weighted by Crippen LogP contribution is 2.30. The Morgan fingerprint density at radius 2 is 2.06 bits per heavy atom. The average molecular weight is 451 g/mol. The lowest BCUT2D eigenvalue weighted by atomic mass is 10.1. The number of carbonyl (C=O) groups is 1. The van der Waals surface area contributed by atoms with Gasteiger partial charge in [0.05, 0.1) is 18.5 Å². The molecule has 0 spiro atoms. The number of methoxy groups -OCH3 is 1. The largest absolute Gasteiger partial charge is 0.494 e. The van der Waals surface area contributed by atoms with E-state index in [1.54, 1.807) is 6.07 Å². The number of hydrogen-bond acceptors (Lipinski definition) is 4. The summed E-state index contributed by atoms with van der Waals surface area (Å²) in [5.74, 6) is -0.0920. The second kappa shape index (κ2) is 9.75. The van der Waals surface area contributed by atoms with Crippen LogP contribution in [0.25, 0.3) is 16.9 Å². The Balaban J connectivity index is 1.72. The highest BCUT2D eigenvalue weighted by Gasteiger charge is 2.26.